The minimum Gasteiger partial charge on any atom is -0.305 e. The molecule has 0 spiro atoms. The summed E-state index contributed by atoms with van der Waals surface area (Å²) in [6, 6.07) is 11.5. The van der Waals surface area contributed by atoms with Gasteiger partial charge in [0.25, 0.3) is 0 Å². The molecule has 0 saturated carbocycles. The van der Waals surface area contributed by atoms with Crippen molar-refractivity contribution in [3.63, 3.8) is 0 Å². The van der Waals surface area contributed by atoms with Crippen LogP contribution in [0.5, 0.6) is 0 Å². The highest BCUT2D eigenvalue weighted by Crippen LogP contribution is 2.22. The first-order valence-corrected chi connectivity index (χ1v) is 7.36. The van der Waals surface area contributed by atoms with E-state index in [4.69, 9.17) is 0 Å². The molecule has 3 aromatic rings. The molecule has 23 heavy (non-hydrogen) atoms. The van der Waals surface area contributed by atoms with E-state index in [-0.39, 0.29) is 5.82 Å². The Hall–Kier alpha value is -2.82. The topological polar surface area (TPSA) is 58.6 Å². The number of pyridine rings is 1. The summed E-state index contributed by atoms with van der Waals surface area (Å²) in [6.07, 6.45) is 1.71. The fourth-order valence-corrected chi connectivity index (χ4v) is 2.29. The summed E-state index contributed by atoms with van der Waals surface area (Å²) in [5.74, 6) is 0.0183. The minimum absolute atomic E-state index is 0.321. The lowest BCUT2D eigenvalue weighted by atomic mass is 10.1. The number of nitrogens with one attached hydrogen (secondary N) is 1. The van der Waals surface area contributed by atoms with Crippen molar-refractivity contribution in [2.75, 3.05) is 0 Å². The van der Waals surface area contributed by atoms with Crippen molar-refractivity contribution in [1.29, 1.82) is 0 Å². The summed E-state index contributed by atoms with van der Waals surface area (Å²) in [5, 5.41) is 0. The van der Waals surface area contributed by atoms with Crippen LogP contribution in [0.25, 0.3) is 22.5 Å². The minimum atomic E-state index is -0.449. The molecule has 0 atom stereocenters. The number of halogens is 1. The molecule has 0 bridgehead atoms. The quantitative estimate of drug-likeness (QED) is 0.801. The van der Waals surface area contributed by atoms with Crippen molar-refractivity contribution in [2.45, 2.75) is 19.8 Å². The molecule has 0 unspecified atom stereocenters. The van der Waals surface area contributed by atoms with Gasteiger partial charge in [-0.1, -0.05) is 13.8 Å². The molecule has 0 radical (unpaired) electrons. The van der Waals surface area contributed by atoms with Gasteiger partial charge in [-0.05, 0) is 53.9 Å². The number of nitrogens with zero attached hydrogens (tertiary/aromatic N) is 2. The molecule has 0 aliphatic rings. The van der Waals surface area contributed by atoms with Gasteiger partial charge in [-0.15, -0.1) is 0 Å². The largest absolute Gasteiger partial charge is 0.345 e. The van der Waals surface area contributed by atoms with E-state index in [0.717, 1.165) is 16.8 Å². The molecule has 5 heteroatoms. The average molecular weight is 309 g/mol. The number of rotatable bonds is 3. The zero-order valence-corrected chi connectivity index (χ0v) is 12.9. The summed E-state index contributed by atoms with van der Waals surface area (Å²) in [6.45, 7) is 4.14. The highest BCUT2D eigenvalue weighted by Gasteiger charge is 2.07. The zero-order chi connectivity index (χ0) is 16.4. The van der Waals surface area contributed by atoms with E-state index in [1.807, 2.05) is 12.1 Å². The first-order valence-electron chi connectivity index (χ1n) is 7.36. The Morgan fingerprint density at radius 2 is 1.74 bits per heavy atom. The number of H-pyrrole nitrogens is 1. The van der Waals surface area contributed by atoms with Crippen molar-refractivity contribution in [2.24, 2.45) is 0 Å². The second-order valence-corrected chi connectivity index (χ2v) is 5.62. The third-order valence-corrected chi connectivity index (χ3v) is 3.57. The molecular weight excluding hydrogens is 293 g/mol. The van der Waals surface area contributed by atoms with E-state index < -0.39 is 5.69 Å². The summed E-state index contributed by atoms with van der Waals surface area (Å²) >= 11 is 0. The molecule has 0 amide bonds. The van der Waals surface area contributed by atoms with Crippen molar-refractivity contribution in [3.05, 3.63) is 70.7 Å². The summed E-state index contributed by atoms with van der Waals surface area (Å²) < 4.78 is 13.0. The van der Waals surface area contributed by atoms with Crippen LogP contribution in [0.4, 0.5) is 4.39 Å². The van der Waals surface area contributed by atoms with Gasteiger partial charge in [-0.2, -0.15) is 4.98 Å². The first-order chi connectivity index (χ1) is 11.0. The van der Waals surface area contributed by atoms with Crippen LogP contribution in [0.3, 0.4) is 0 Å². The second-order valence-electron chi connectivity index (χ2n) is 5.62. The van der Waals surface area contributed by atoms with Gasteiger partial charge >= 0.3 is 5.69 Å². The van der Waals surface area contributed by atoms with Gasteiger partial charge in [-0.25, -0.2) is 9.18 Å². The Labute approximate surface area is 133 Å². The highest BCUT2D eigenvalue weighted by atomic mass is 19.1. The molecule has 0 aliphatic carbocycles. The fourth-order valence-electron chi connectivity index (χ4n) is 2.29. The van der Waals surface area contributed by atoms with Gasteiger partial charge in [0.15, 0.2) is 0 Å². The predicted octanol–water partition coefficient (Wildman–Crippen LogP) is 3.76. The van der Waals surface area contributed by atoms with Gasteiger partial charge in [-0.3, -0.25) is 4.98 Å². The Morgan fingerprint density at radius 3 is 2.35 bits per heavy atom. The molecule has 4 nitrogen and oxygen atoms in total. The van der Waals surface area contributed by atoms with E-state index in [1.165, 1.54) is 12.1 Å². The average Bonchev–Trinajstić information content (AvgIpc) is 2.55. The van der Waals surface area contributed by atoms with E-state index in [1.54, 1.807) is 24.4 Å². The third kappa shape index (κ3) is 3.34. The molecule has 0 aliphatic heterocycles. The molecule has 0 saturated heterocycles. The van der Waals surface area contributed by atoms with Crippen molar-refractivity contribution in [3.8, 4) is 22.5 Å². The van der Waals surface area contributed by atoms with Crippen LogP contribution in [0.2, 0.25) is 0 Å². The molecule has 116 valence electrons. The van der Waals surface area contributed by atoms with Gasteiger partial charge in [0, 0.05) is 17.5 Å². The Morgan fingerprint density at radius 1 is 1.04 bits per heavy atom. The molecule has 1 N–H and O–H groups in total. The lowest BCUT2D eigenvalue weighted by molar-refractivity contribution is 0.628. The maximum absolute atomic E-state index is 13.0. The summed E-state index contributed by atoms with van der Waals surface area (Å²) in [4.78, 5) is 22.9. The predicted molar refractivity (Wildman–Crippen MR) is 87.6 cm³/mol. The van der Waals surface area contributed by atoms with E-state index >= 15 is 0 Å². The van der Waals surface area contributed by atoms with Crippen LogP contribution in [-0.4, -0.2) is 15.0 Å². The molecule has 2 aromatic heterocycles. The van der Waals surface area contributed by atoms with Crippen molar-refractivity contribution < 1.29 is 4.39 Å². The van der Waals surface area contributed by atoms with Crippen LogP contribution in [0.15, 0.2) is 53.5 Å². The summed E-state index contributed by atoms with van der Waals surface area (Å²) in [7, 11) is 0. The van der Waals surface area contributed by atoms with Crippen LogP contribution < -0.4 is 5.69 Å². The van der Waals surface area contributed by atoms with Crippen LogP contribution in [-0.2, 0) is 0 Å². The fraction of sp³-hybridized carbons (Fsp3) is 0.167. The Kier molecular flexibility index (Phi) is 4.02. The second kappa shape index (κ2) is 6.12. The molecule has 2 heterocycles. The third-order valence-electron chi connectivity index (χ3n) is 3.57. The SMILES string of the molecule is CC(C)c1ccc(-c2cc(-c3ccc(F)cc3)[nH]c(=O)n2)cn1. The zero-order valence-electron chi connectivity index (χ0n) is 12.9. The van der Waals surface area contributed by atoms with Crippen LogP contribution in [0.1, 0.15) is 25.5 Å². The molecule has 0 fully saturated rings. The van der Waals surface area contributed by atoms with Crippen LogP contribution in [0, 0.1) is 5.82 Å². The van der Waals surface area contributed by atoms with E-state index in [2.05, 4.69) is 28.8 Å². The maximum Gasteiger partial charge on any atom is 0.345 e. The van der Waals surface area contributed by atoms with E-state index in [9.17, 15) is 9.18 Å². The number of benzene rings is 1. The molecular formula is C18H16FN3O. The van der Waals surface area contributed by atoms with Gasteiger partial charge in [0.05, 0.1) is 11.4 Å². The van der Waals surface area contributed by atoms with E-state index in [0.29, 0.717) is 17.3 Å². The van der Waals surface area contributed by atoms with Gasteiger partial charge < -0.3 is 4.98 Å². The normalized spacial score (nSPS) is 11.0. The van der Waals surface area contributed by atoms with Crippen molar-refractivity contribution in [1.82, 2.24) is 15.0 Å². The first kappa shape index (κ1) is 15.1. The number of hydrogen-bond acceptors (Lipinski definition) is 3. The number of aromatic amines is 1. The lowest BCUT2D eigenvalue weighted by Crippen LogP contribution is -2.12. The Bertz CT molecular complexity index is 868. The smallest absolute Gasteiger partial charge is 0.305 e. The Balaban J connectivity index is 2.03. The van der Waals surface area contributed by atoms with Crippen molar-refractivity contribution >= 4 is 0 Å². The standard InChI is InChI=1S/C18H16FN3O/c1-11(2)15-8-5-13(10-20-15)17-9-16(21-18(23)22-17)12-3-6-14(19)7-4-12/h3-11H,1-2H3,(H,21,22,23). The number of aromatic nitrogens is 3. The highest BCUT2D eigenvalue weighted by molar-refractivity contribution is 5.66. The summed E-state index contributed by atoms with van der Waals surface area (Å²) in [5.41, 5.74) is 3.15. The van der Waals surface area contributed by atoms with Gasteiger partial charge in [0.2, 0.25) is 0 Å². The lowest BCUT2D eigenvalue weighted by Gasteiger charge is -2.07. The maximum atomic E-state index is 13.0. The van der Waals surface area contributed by atoms with Gasteiger partial charge in [0.1, 0.15) is 5.82 Å². The monoisotopic (exact) mass is 309 g/mol. The molecule has 1 aromatic carbocycles. The van der Waals surface area contributed by atoms with Crippen LogP contribution >= 0.6 is 0 Å². The number of hydrogen-bond donors (Lipinski definition) is 1. The molecule has 3 rings (SSSR count).